The molecule has 0 saturated heterocycles. The first-order valence-electron chi connectivity index (χ1n) is 5.82. The number of carbonyl (C=O) groups excluding carboxylic acids is 1. The first kappa shape index (κ1) is 15.1. The summed E-state index contributed by atoms with van der Waals surface area (Å²) in [6.45, 7) is 5.85. The van der Waals surface area contributed by atoms with Crippen LogP contribution in [0.5, 0.6) is 0 Å². The summed E-state index contributed by atoms with van der Waals surface area (Å²) in [5.41, 5.74) is -0.241. The number of nitrogens with one attached hydrogen (secondary N) is 1. The maximum atomic E-state index is 11.8. The van der Waals surface area contributed by atoms with Gasteiger partial charge in [-0.25, -0.2) is 0 Å². The highest BCUT2D eigenvalue weighted by Gasteiger charge is 2.44. The van der Waals surface area contributed by atoms with Crippen LogP contribution < -0.4 is 5.32 Å². The molecule has 1 aliphatic carbocycles. The van der Waals surface area contributed by atoms with E-state index >= 15 is 0 Å². The average molecular weight is 299 g/mol. The molecule has 17 heavy (non-hydrogen) atoms. The van der Waals surface area contributed by atoms with Crippen LogP contribution in [0.4, 0.5) is 0 Å². The van der Waals surface area contributed by atoms with E-state index in [9.17, 15) is 4.79 Å². The molecule has 2 nitrogen and oxygen atoms in total. The van der Waals surface area contributed by atoms with Gasteiger partial charge in [0.2, 0.25) is 0 Å². The molecule has 1 rings (SSSR count). The summed E-state index contributed by atoms with van der Waals surface area (Å²) in [6.07, 6.45) is 6.69. The normalized spacial score (nSPS) is 29.1. The lowest BCUT2D eigenvalue weighted by Gasteiger charge is -2.36. The summed E-state index contributed by atoms with van der Waals surface area (Å²) in [5, 5.41) is 2.93. The number of amides is 1. The Morgan fingerprint density at radius 3 is 2.65 bits per heavy atom. The third-order valence-corrected chi connectivity index (χ3v) is 4.13. The molecule has 0 aromatic heterocycles. The number of hydrogen-bond acceptors (Lipinski definition) is 1. The zero-order valence-corrected chi connectivity index (χ0v) is 12.2. The zero-order chi connectivity index (χ0) is 13.1. The molecule has 1 N–H and O–H groups in total. The van der Waals surface area contributed by atoms with E-state index in [0.717, 1.165) is 32.1 Å². The van der Waals surface area contributed by atoms with Crippen LogP contribution in [0, 0.1) is 5.92 Å². The highest BCUT2D eigenvalue weighted by Crippen LogP contribution is 2.40. The summed E-state index contributed by atoms with van der Waals surface area (Å²) < 4.78 is -1.89. The molecule has 0 radical (unpaired) electrons. The number of halogens is 3. The fourth-order valence-corrected chi connectivity index (χ4v) is 2.66. The second kappa shape index (κ2) is 5.81. The summed E-state index contributed by atoms with van der Waals surface area (Å²) in [6, 6.07) is 0. The van der Waals surface area contributed by atoms with Gasteiger partial charge in [-0.05, 0) is 31.6 Å². The molecule has 2 unspecified atom stereocenters. The first-order chi connectivity index (χ1) is 7.82. The van der Waals surface area contributed by atoms with Gasteiger partial charge < -0.3 is 5.32 Å². The van der Waals surface area contributed by atoms with Crippen molar-refractivity contribution in [2.45, 2.75) is 48.4 Å². The molecule has 0 heterocycles. The molecule has 98 valence electrons. The molecule has 1 fully saturated rings. The van der Waals surface area contributed by atoms with Crippen molar-refractivity contribution in [3.63, 3.8) is 0 Å². The highest BCUT2D eigenvalue weighted by molar-refractivity contribution is 6.76. The Morgan fingerprint density at radius 2 is 2.24 bits per heavy atom. The van der Waals surface area contributed by atoms with Gasteiger partial charge in [-0.2, -0.15) is 0 Å². The van der Waals surface area contributed by atoms with Crippen LogP contribution in [0.3, 0.4) is 0 Å². The van der Waals surface area contributed by atoms with Crippen LogP contribution in [0.1, 0.15) is 39.0 Å². The number of hydrogen-bond donors (Lipinski definition) is 1. The maximum absolute atomic E-state index is 11.8. The van der Waals surface area contributed by atoms with Crippen LogP contribution in [-0.4, -0.2) is 15.2 Å². The molecule has 0 aliphatic heterocycles. The van der Waals surface area contributed by atoms with Crippen molar-refractivity contribution in [3.05, 3.63) is 12.7 Å². The summed E-state index contributed by atoms with van der Waals surface area (Å²) in [5.74, 6) is -0.126. The second-order valence-corrected chi connectivity index (χ2v) is 7.01. The molecule has 2 atom stereocenters. The first-order valence-corrected chi connectivity index (χ1v) is 6.95. The standard InChI is InChI=1S/C12H18Cl3NO/c1-3-4-7-11(8-5-6-9(11)2)16-10(17)12(13,14)15/h3,9H,1,4-8H2,2H3,(H,16,17). The van der Waals surface area contributed by atoms with E-state index in [2.05, 4.69) is 18.8 Å². The van der Waals surface area contributed by atoms with Crippen LogP contribution in [0.15, 0.2) is 12.7 Å². The Balaban J connectivity index is 2.77. The van der Waals surface area contributed by atoms with Crippen molar-refractivity contribution < 1.29 is 4.79 Å². The Morgan fingerprint density at radius 1 is 1.59 bits per heavy atom. The molecule has 1 saturated carbocycles. The Labute approximate surface area is 118 Å². The molecule has 1 amide bonds. The van der Waals surface area contributed by atoms with Gasteiger partial charge in [-0.3, -0.25) is 4.79 Å². The van der Waals surface area contributed by atoms with E-state index < -0.39 is 9.70 Å². The minimum Gasteiger partial charge on any atom is -0.347 e. The minimum absolute atomic E-state index is 0.241. The van der Waals surface area contributed by atoms with Gasteiger partial charge in [0.05, 0.1) is 0 Å². The van der Waals surface area contributed by atoms with E-state index in [0.29, 0.717) is 5.92 Å². The van der Waals surface area contributed by atoms with Gasteiger partial charge in [0, 0.05) is 5.54 Å². The van der Waals surface area contributed by atoms with Gasteiger partial charge in [0.15, 0.2) is 0 Å². The topological polar surface area (TPSA) is 29.1 Å². The van der Waals surface area contributed by atoms with Gasteiger partial charge in [-0.15, -0.1) is 6.58 Å². The highest BCUT2D eigenvalue weighted by atomic mass is 35.6. The van der Waals surface area contributed by atoms with Crippen molar-refractivity contribution in [1.29, 1.82) is 0 Å². The van der Waals surface area contributed by atoms with Gasteiger partial charge >= 0.3 is 0 Å². The third kappa shape index (κ3) is 3.77. The molecule has 0 bridgehead atoms. The van der Waals surface area contributed by atoms with Gasteiger partial charge in [0.25, 0.3) is 9.70 Å². The number of rotatable bonds is 4. The van der Waals surface area contributed by atoms with Crippen molar-refractivity contribution in [2.75, 3.05) is 0 Å². The largest absolute Gasteiger partial charge is 0.347 e. The number of alkyl halides is 3. The monoisotopic (exact) mass is 297 g/mol. The third-order valence-electron chi connectivity index (χ3n) is 3.62. The molecule has 1 aliphatic rings. The molecule has 0 spiro atoms. The van der Waals surface area contributed by atoms with Gasteiger partial charge in [-0.1, -0.05) is 54.2 Å². The average Bonchev–Trinajstić information content (AvgIpc) is 2.56. The summed E-state index contributed by atoms with van der Waals surface area (Å²) in [7, 11) is 0. The quantitative estimate of drug-likeness (QED) is 0.617. The van der Waals surface area contributed by atoms with E-state index in [1.54, 1.807) is 0 Å². The van der Waals surface area contributed by atoms with Crippen molar-refractivity contribution >= 4 is 40.7 Å². The van der Waals surface area contributed by atoms with E-state index in [4.69, 9.17) is 34.8 Å². The van der Waals surface area contributed by atoms with Crippen LogP contribution >= 0.6 is 34.8 Å². The second-order valence-electron chi connectivity index (χ2n) is 4.73. The Kier molecular flexibility index (Phi) is 5.18. The fraction of sp³-hybridized carbons (Fsp3) is 0.750. The predicted molar refractivity (Wildman–Crippen MR) is 73.6 cm³/mol. The number of carbonyl (C=O) groups is 1. The van der Waals surface area contributed by atoms with Crippen molar-refractivity contribution in [3.8, 4) is 0 Å². The lowest BCUT2D eigenvalue weighted by molar-refractivity contribution is -0.122. The molecule has 0 aromatic carbocycles. The SMILES string of the molecule is C=CCCC1(NC(=O)C(Cl)(Cl)Cl)CCCC1C. The fourth-order valence-electron chi connectivity index (χ4n) is 2.52. The lowest BCUT2D eigenvalue weighted by Crippen LogP contribution is -2.53. The van der Waals surface area contributed by atoms with E-state index in [-0.39, 0.29) is 5.54 Å². The van der Waals surface area contributed by atoms with Crippen molar-refractivity contribution in [2.24, 2.45) is 5.92 Å². The van der Waals surface area contributed by atoms with Crippen LogP contribution in [-0.2, 0) is 4.79 Å². The molecule has 0 aromatic rings. The summed E-state index contributed by atoms with van der Waals surface area (Å²) in [4.78, 5) is 11.8. The zero-order valence-electron chi connectivity index (χ0n) is 9.94. The van der Waals surface area contributed by atoms with Gasteiger partial charge in [0.1, 0.15) is 0 Å². The lowest BCUT2D eigenvalue weighted by atomic mass is 9.83. The Bertz CT molecular complexity index is 301. The van der Waals surface area contributed by atoms with Crippen LogP contribution in [0.2, 0.25) is 0 Å². The van der Waals surface area contributed by atoms with E-state index in [1.165, 1.54) is 0 Å². The summed E-state index contributed by atoms with van der Waals surface area (Å²) >= 11 is 16.8. The molecule has 5 heteroatoms. The minimum atomic E-state index is -1.89. The van der Waals surface area contributed by atoms with E-state index in [1.807, 2.05) is 6.08 Å². The van der Waals surface area contributed by atoms with Crippen LogP contribution in [0.25, 0.3) is 0 Å². The molecular formula is C12H18Cl3NO. The maximum Gasteiger partial charge on any atom is 0.272 e. The number of allylic oxidation sites excluding steroid dienone is 1. The smallest absolute Gasteiger partial charge is 0.272 e. The molecular weight excluding hydrogens is 280 g/mol. The van der Waals surface area contributed by atoms with Crippen molar-refractivity contribution in [1.82, 2.24) is 5.32 Å². The Hall–Kier alpha value is 0.0800. The predicted octanol–water partition coefficient (Wildman–Crippen LogP) is 4.00.